The van der Waals surface area contributed by atoms with Crippen molar-refractivity contribution in [2.75, 3.05) is 12.4 Å². The zero-order valence-electron chi connectivity index (χ0n) is 15.4. The molecule has 7 nitrogen and oxygen atoms in total. The lowest BCUT2D eigenvalue weighted by molar-refractivity contribution is -0.116. The third kappa shape index (κ3) is 2.67. The Kier molecular flexibility index (Phi) is 3.93. The molecule has 3 aromatic rings. The standard InChI is InChI=1S/C21H19N5O2/c1-28-15-9-7-13(8-10-15)19-18-16(5-2-6-17(18)27)23-21-24-20(25-26(19)21)14-4-3-11-22-12-14/h3-4,7-12,19H,2,5-6H2,1H3,(H,23,24,25). The van der Waals surface area contributed by atoms with Crippen LogP contribution in [0.4, 0.5) is 5.95 Å². The minimum Gasteiger partial charge on any atom is -0.497 e. The van der Waals surface area contributed by atoms with Crippen molar-refractivity contribution in [1.29, 1.82) is 0 Å². The van der Waals surface area contributed by atoms with Crippen molar-refractivity contribution < 1.29 is 9.53 Å². The van der Waals surface area contributed by atoms with Gasteiger partial charge in [-0.05, 0) is 42.7 Å². The second-order valence-electron chi connectivity index (χ2n) is 6.91. The second-order valence-corrected chi connectivity index (χ2v) is 6.91. The molecule has 0 saturated carbocycles. The summed E-state index contributed by atoms with van der Waals surface area (Å²) in [5, 5.41) is 8.08. The number of hydrogen-bond donors (Lipinski definition) is 1. The highest BCUT2D eigenvalue weighted by molar-refractivity contribution is 5.99. The molecule has 0 bridgehead atoms. The van der Waals surface area contributed by atoms with Crippen LogP contribution in [-0.2, 0) is 4.79 Å². The zero-order chi connectivity index (χ0) is 19.1. The predicted molar refractivity (Wildman–Crippen MR) is 104 cm³/mol. The number of methoxy groups -OCH3 is 1. The lowest BCUT2D eigenvalue weighted by Gasteiger charge is -2.32. The van der Waals surface area contributed by atoms with E-state index in [2.05, 4.69) is 15.3 Å². The molecule has 140 valence electrons. The topological polar surface area (TPSA) is 81.9 Å². The fourth-order valence-corrected chi connectivity index (χ4v) is 3.87. The molecule has 3 heterocycles. The smallest absolute Gasteiger partial charge is 0.226 e. The predicted octanol–water partition coefficient (Wildman–Crippen LogP) is 3.37. The van der Waals surface area contributed by atoms with Crippen LogP contribution >= 0.6 is 0 Å². The summed E-state index contributed by atoms with van der Waals surface area (Å²) in [6.07, 6.45) is 5.71. The first-order valence-electron chi connectivity index (χ1n) is 9.29. The normalized spacial score (nSPS) is 18.3. The van der Waals surface area contributed by atoms with Crippen LogP contribution in [0.1, 0.15) is 30.9 Å². The number of benzene rings is 1. The molecule has 0 saturated heterocycles. The monoisotopic (exact) mass is 373 g/mol. The molecule has 28 heavy (non-hydrogen) atoms. The van der Waals surface area contributed by atoms with E-state index in [4.69, 9.17) is 9.84 Å². The van der Waals surface area contributed by atoms with E-state index >= 15 is 0 Å². The second kappa shape index (κ2) is 6.60. The maximum atomic E-state index is 12.8. The largest absolute Gasteiger partial charge is 0.497 e. The van der Waals surface area contributed by atoms with Crippen molar-refractivity contribution >= 4 is 11.7 Å². The maximum Gasteiger partial charge on any atom is 0.226 e. The summed E-state index contributed by atoms with van der Waals surface area (Å²) in [4.78, 5) is 21.7. The van der Waals surface area contributed by atoms with E-state index in [1.807, 2.05) is 41.1 Å². The maximum absolute atomic E-state index is 12.8. The molecule has 1 atom stereocenters. The Hall–Kier alpha value is -3.48. The Morgan fingerprint density at radius 2 is 2.04 bits per heavy atom. The average molecular weight is 373 g/mol. The van der Waals surface area contributed by atoms with Crippen LogP contribution in [0.5, 0.6) is 5.75 Å². The highest BCUT2D eigenvalue weighted by Crippen LogP contribution is 2.40. The average Bonchev–Trinajstić information content (AvgIpc) is 3.17. The van der Waals surface area contributed by atoms with Crippen LogP contribution in [0.15, 0.2) is 60.1 Å². The van der Waals surface area contributed by atoms with Gasteiger partial charge in [0.05, 0.1) is 7.11 Å². The van der Waals surface area contributed by atoms with Gasteiger partial charge in [-0.1, -0.05) is 12.1 Å². The van der Waals surface area contributed by atoms with E-state index in [0.717, 1.165) is 41.0 Å². The van der Waals surface area contributed by atoms with Crippen LogP contribution < -0.4 is 10.1 Å². The van der Waals surface area contributed by atoms with Gasteiger partial charge in [-0.15, -0.1) is 5.10 Å². The zero-order valence-corrected chi connectivity index (χ0v) is 15.4. The number of fused-ring (bicyclic) bond motifs is 1. The number of hydrogen-bond acceptors (Lipinski definition) is 6. The number of ketones is 1. The number of allylic oxidation sites excluding steroid dienone is 2. The number of rotatable bonds is 3. The van der Waals surface area contributed by atoms with Crippen molar-refractivity contribution in [2.24, 2.45) is 0 Å². The molecular weight excluding hydrogens is 354 g/mol. The fraction of sp³-hybridized carbons (Fsp3) is 0.238. The molecule has 1 N–H and O–H groups in total. The summed E-state index contributed by atoms with van der Waals surface area (Å²) in [6.45, 7) is 0. The van der Waals surface area contributed by atoms with E-state index in [1.165, 1.54) is 0 Å². The number of ether oxygens (including phenoxy) is 1. The first-order valence-corrected chi connectivity index (χ1v) is 9.29. The summed E-state index contributed by atoms with van der Waals surface area (Å²) in [5.74, 6) is 2.17. The Bertz CT molecular complexity index is 1070. The first kappa shape index (κ1) is 16.7. The van der Waals surface area contributed by atoms with E-state index in [1.54, 1.807) is 19.5 Å². The van der Waals surface area contributed by atoms with Crippen LogP contribution in [0.25, 0.3) is 11.4 Å². The van der Waals surface area contributed by atoms with Crippen LogP contribution in [-0.4, -0.2) is 32.6 Å². The van der Waals surface area contributed by atoms with Crippen LogP contribution in [0, 0.1) is 0 Å². The van der Waals surface area contributed by atoms with Gasteiger partial charge in [-0.3, -0.25) is 9.78 Å². The molecule has 2 aliphatic rings. The lowest BCUT2D eigenvalue weighted by Crippen LogP contribution is -2.31. The van der Waals surface area contributed by atoms with Gasteiger partial charge in [0.2, 0.25) is 5.95 Å². The van der Waals surface area contributed by atoms with Crippen molar-refractivity contribution in [2.45, 2.75) is 25.3 Å². The molecule has 1 unspecified atom stereocenters. The Morgan fingerprint density at radius 1 is 1.18 bits per heavy atom. The van der Waals surface area contributed by atoms with Gasteiger partial charge in [0.15, 0.2) is 11.6 Å². The van der Waals surface area contributed by atoms with Gasteiger partial charge in [0.25, 0.3) is 0 Å². The molecule has 1 aliphatic heterocycles. The van der Waals surface area contributed by atoms with E-state index < -0.39 is 0 Å². The molecule has 0 fully saturated rings. The minimum atomic E-state index is -0.303. The highest BCUT2D eigenvalue weighted by atomic mass is 16.5. The first-order chi connectivity index (χ1) is 13.7. The fourth-order valence-electron chi connectivity index (χ4n) is 3.87. The van der Waals surface area contributed by atoms with Crippen LogP contribution in [0.2, 0.25) is 0 Å². The number of Topliss-reactive ketones (excluding diaryl/α,β-unsaturated/α-hetero) is 1. The molecule has 1 aliphatic carbocycles. The Morgan fingerprint density at radius 3 is 2.79 bits per heavy atom. The summed E-state index contributed by atoms with van der Waals surface area (Å²) < 4.78 is 7.09. The number of nitrogens with zero attached hydrogens (tertiary/aromatic N) is 4. The van der Waals surface area contributed by atoms with Gasteiger partial charge < -0.3 is 10.1 Å². The number of carbonyl (C=O) groups excluding carboxylic acids is 1. The van der Waals surface area contributed by atoms with Crippen molar-refractivity contribution in [3.63, 3.8) is 0 Å². The molecule has 1 aromatic carbocycles. The summed E-state index contributed by atoms with van der Waals surface area (Å²) in [5.41, 5.74) is 3.55. The van der Waals surface area contributed by atoms with E-state index in [0.29, 0.717) is 18.2 Å². The Labute approximate surface area is 162 Å². The molecular formula is C21H19N5O2. The van der Waals surface area contributed by atoms with Crippen LogP contribution in [0.3, 0.4) is 0 Å². The number of aromatic nitrogens is 4. The van der Waals surface area contributed by atoms with Gasteiger partial charge >= 0.3 is 0 Å². The number of carbonyl (C=O) groups is 1. The molecule has 7 heteroatoms. The third-order valence-electron chi connectivity index (χ3n) is 5.22. The molecule has 2 aromatic heterocycles. The Balaban J connectivity index is 1.66. The molecule has 0 amide bonds. The van der Waals surface area contributed by atoms with Crippen molar-refractivity contribution in [3.05, 3.63) is 65.6 Å². The lowest BCUT2D eigenvalue weighted by atomic mass is 9.85. The van der Waals surface area contributed by atoms with E-state index in [9.17, 15) is 4.79 Å². The van der Waals surface area contributed by atoms with Gasteiger partial charge in [-0.25, -0.2) is 4.68 Å². The van der Waals surface area contributed by atoms with E-state index in [-0.39, 0.29) is 11.8 Å². The van der Waals surface area contributed by atoms with Gasteiger partial charge in [-0.2, -0.15) is 4.98 Å². The number of pyridine rings is 1. The molecule has 0 radical (unpaired) electrons. The summed E-state index contributed by atoms with van der Waals surface area (Å²) in [6, 6.07) is 11.3. The third-order valence-corrected chi connectivity index (χ3v) is 5.22. The highest BCUT2D eigenvalue weighted by Gasteiger charge is 2.36. The van der Waals surface area contributed by atoms with Crippen molar-refractivity contribution in [1.82, 2.24) is 19.7 Å². The summed E-state index contributed by atoms with van der Waals surface area (Å²) in [7, 11) is 1.64. The van der Waals surface area contributed by atoms with Gasteiger partial charge in [0.1, 0.15) is 11.8 Å². The van der Waals surface area contributed by atoms with Gasteiger partial charge in [0, 0.05) is 35.6 Å². The molecule has 0 spiro atoms. The minimum absolute atomic E-state index is 0.165. The summed E-state index contributed by atoms with van der Waals surface area (Å²) >= 11 is 0. The quantitative estimate of drug-likeness (QED) is 0.758. The number of anilines is 1. The van der Waals surface area contributed by atoms with Crippen molar-refractivity contribution in [3.8, 4) is 17.1 Å². The number of nitrogens with one attached hydrogen (secondary N) is 1. The SMILES string of the molecule is COc1ccc(C2C3=C(CCCC3=O)Nc3nc(-c4cccnc4)nn32)cc1. The molecule has 5 rings (SSSR count).